The molecule has 3 aromatic rings. The molecule has 1 atom stereocenters. The maximum atomic E-state index is 14.4. The number of hydrogen-bond acceptors (Lipinski definition) is 14. The van der Waals surface area contributed by atoms with Crippen molar-refractivity contribution in [3.8, 4) is 0 Å². The average molecular weight is 1140 g/mol. The molecular formula is C54H71F5N6O9S3. The fourth-order valence-electron chi connectivity index (χ4n) is 11.5. The third-order valence-corrected chi connectivity index (χ3v) is 20.0. The summed E-state index contributed by atoms with van der Waals surface area (Å²) in [6, 6.07) is 17.4. The standard InChI is InChI=1S/C54H71F5N6O9S3/c1-51(2)17-14-40(45(33-51)52-36-53(37-52,38-52)50(55)56)34-64-23-25-65(26-24-64)42-10-8-39(9-11-42)49(68)61-77(71,72)44-12-13-46(47(32-44)76(69,70)54(57,58)59)60-41(35-75-43-6-4-3-5-7-43)15-18-62-19-21-63(22-20-62)27-29-74-31-30-73-28-16-48(66)67/h3-13,32,41,50,60H,14-31,33-38H2,1-2H3,(H,61,68)(H,66,67). The molecule has 2 bridgehead atoms. The highest BCUT2D eigenvalue weighted by Gasteiger charge is 2.73. The second kappa shape index (κ2) is 24.6. The van der Waals surface area contributed by atoms with Crippen molar-refractivity contribution in [2.24, 2.45) is 16.2 Å². The molecule has 5 fully saturated rings. The Morgan fingerprint density at radius 3 is 2.04 bits per heavy atom. The quantitative estimate of drug-likeness (QED) is 0.0303. The highest BCUT2D eigenvalue weighted by atomic mass is 32.2. The summed E-state index contributed by atoms with van der Waals surface area (Å²) >= 11 is 1.43. The van der Waals surface area contributed by atoms with Gasteiger partial charge >= 0.3 is 11.5 Å². The molecule has 3 saturated carbocycles. The number of alkyl halides is 5. The molecule has 15 nitrogen and oxygen atoms in total. The van der Waals surface area contributed by atoms with E-state index in [4.69, 9.17) is 14.6 Å². The minimum absolute atomic E-state index is 0.0395. The van der Waals surface area contributed by atoms with Gasteiger partial charge in [-0.15, -0.1) is 11.8 Å². The Hall–Kier alpha value is -4.36. The van der Waals surface area contributed by atoms with E-state index in [2.05, 4.69) is 38.8 Å². The Kier molecular flexibility index (Phi) is 18.8. The number of amides is 1. The number of hydrogen-bond donors (Lipinski definition) is 3. The topological polar surface area (TPSA) is 178 Å². The highest BCUT2D eigenvalue weighted by molar-refractivity contribution is 7.99. The summed E-state index contributed by atoms with van der Waals surface area (Å²) in [5.41, 5.74) is -3.34. The van der Waals surface area contributed by atoms with E-state index in [-0.39, 0.29) is 29.4 Å². The Morgan fingerprint density at radius 1 is 0.792 bits per heavy atom. The molecule has 6 aliphatic rings. The monoisotopic (exact) mass is 1140 g/mol. The largest absolute Gasteiger partial charge is 0.501 e. The number of aliphatic carboxylic acids is 1. The van der Waals surface area contributed by atoms with Crippen molar-refractivity contribution in [2.75, 3.05) is 114 Å². The first-order valence-corrected chi connectivity index (χ1v) is 30.3. The van der Waals surface area contributed by atoms with E-state index in [0.29, 0.717) is 96.6 Å². The van der Waals surface area contributed by atoms with E-state index >= 15 is 0 Å². The first-order valence-electron chi connectivity index (χ1n) is 26.3. The highest BCUT2D eigenvalue weighted by Crippen LogP contribution is 2.79. The zero-order chi connectivity index (χ0) is 55.2. The molecule has 2 aliphatic heterocycles. The summed E-state index contributed by atoms with van der Waals surface area (Å²) in [4.78, 5) is 31.8. The predicted molar refractivity (Wildman–Crippen MR) is 285 cm³/mol. The van der Waals surface area contributed by atoms with E-state index in [1.165, 1.54) is 35.0 Å². The van der Waals surface area contributed by atoms with Gasteiger partial charge in [-0.1, -0.05) is 43.2 Å². The van der Waals surface area contributed by atoms with E-state index in [0.717, 1.165) is 74.7 Å². The third kappa shape index (κ3) is 14.5. The number of carbonyl (C=O) groups is 2. The van der Waals surface area contributed by atoms with Gasteiger partial charge in [-0.3, -0.25) is 19.4 Å². The number of carboxylic acids is 1. The van der Waals surface area contributed by atoms with Crippen LogP contribution < -0.4 is 14.9 Å². The van der Waals surface area contributed by atoms with Crippen molar-refractivity contribution in [1.29, 1.82) is 0 Å². The second-order valence-corrected chi connectivity index (χ2v) is 26.7. The van der Waals surface area contributed by atoms with Crippen LogP contribution in [-0.2, 0) is 34.1 Å². The van der Waals surface area contributed by atoms with Crippen LogP contribution in [0, 0.1) is 16.2 Å². The van der Waals surface area contributed by atoms with E-state index in [1.54, 1.807) is 12.1 Å². The van der Waals surface area contributed by atoms with Crippen molar-refractivity contribution in [1.82, 2.24) is 19.4 Å². The van der Waals surface area contributed by atoms with Gasteiger partial charge in [0, 0.05) is 105 Å². The van der Waals surface area contributed by atoms with Gasteiger partial charge in [0.25, 0.3) is 25.8 Å². The summed E-state index contributed by atoms with van der Waals surface area (Å²) in [6.07, 6.45) is 2.81. The van der Waals surface area contributed by atoms with Gasteiger partial charge < -0.3 is 29.7 Å². The average Bonchev–Trinajstić information content (AvgIpc) is 3.56. The van der Waals surface area contributed by atoms with Crippen molar-refractivity contribution in [3.63, 3.8) is 0 Å². The van der Waals surface area contributed by atoms with Gasteiger partial charge in [0.15, 0.2) is 0 Å². The predicted octanol–water partition coefficient (Wildman–Crippen LogP) is 8.25. The van der Waals surface area contributed by atoms with Crippen LogP contribution in [-0.4, -0.2) is 171 Å². The second-order valence-electron chi connectivity index (χ2n) is 22.1. The molecule has 1 unspecified atom stereocenters. The molecule has 3 N–H and O–H groups in total. The lowest BCUT2D eigenvalue weighted by Gasteiger charge is -2.72. The molecule has 4 aliphatic carbocycles. The van der Waals surface area contributed by atoms with Gasteiger partial charge in [0.1, 0.15) is 4.90 Å². The van der Waals surface area contributed by atoms with E-state index in [1.807, 2.05) is 35.1 Å². The number of sulfonamides is 1. The number of piperazine rings is 2. The number of carbonyl (C=O) groups excluding carboxylic acids is 1. The van der Waals surface area contributed by atoms with Crippen molar-refractivity contribution in [2.45, 2.75) is 97.9 Å². The summed E-state index contributed by atoms with van der Waals surface area (Å²) in [5.74, 6) is -1.66. The fourth-order valence-corrected chi connectivity index (χ4v) is 14.5. The van der Waals surface area contributed by atoms with Gasteiger partial charge in [0.05, 0.1) is 43.4 Å². The van der Waals surface area contributed by atoms with Gasteiger partial charge in [-0.05, 0) is 110 Å². The van der Waals surface area contributed by atoms with Crippen molar-refractivity contribution < 1.29 is 63.0 Å². The van der Waals surface area contributed by atoms with E-state index < -0.39 is 70.6 Å². The van der Waals surface area contributed by atoms with Crippen molar-refractivity contribution in [3.05, 3.63) is 89.5 Å². The molecule has 0 radical (unpaired) electrons. The number of allylic oxidation sites excluding steroid dienone is 1. The fraction of sp³-hybridized carbons (Fsp3) is 0.593. The van der Waals surface area contributed by atoms with Crippen LogP contribution in [0.25, 0.3) is 0 Å². The molecule has 0 spiro atoms. The number of nitrogens with zero attached hydrogens (tertiary/aromatic N) is 4. The number of carboxylic acid groups (broad SMARTS) is 1. The first kappa shape index (κ1) is 58.8. The lowest BCUT2D eigenvalue weighted by Crippen LogP contribution is -2.66. The normalized spacial score (nSPS) is 22.8. The number of sulfone groups is 1. The Bertz CT molecular complexity index is 2770. The number of benzene rings is 3. The van der Waals surface area contributed by atoms with Crippen LogP contribution in [0.5, 0.6) is 0 Å². The number of thioether (sulfide) groups is 1. The van der Waals surface area contributed by atoms with Crippen LogP contribution in [0.3, 0.4) is 0 Å². The van der Waals surface area contributed by atoms with Crippen molar-refractivity contribution >= 4 is 54.9 Å². The molecule has 424 valence electrons. The van der Waals surface area contributed by atoms with Crippen LogP contribution in [0.1, 0.15) is 75.6 Å². The molecule has 3 aromatic carbocycles. The van der Waals surface area contributed by atoms with Gasteiger partial charge in [0.2, 0.25) is 6.43 Å². The van der Waals surface area contributed by atoms with Gasteiger partial charge in [-0.25, -0.2) is 30.3 Å². The minimum Gasteiger partial charge on any atom is -0.481 e. The number of ether oxygens (including phenoxy) is 2. The maximum Gasteiger partial charge on any atom is 0.501 e. The molecule has 9 rings (SSSR count). The zero-order valence-corrected chi connectivity index (χ0v) is 46.1. The maximum absolute atomic E-state index is 14.4. The molecule has 0 aromatic heterocycles. The molecule has 1 amide bonds. The smallest absolute Gasteiger partial charge is 0.481 e. The summed E-state index contributed by atoms with van der Waals surface area (Å²) in [7, 11) is -11.0. The number of rotatable bonds is 26. The molecule has 77 heavy (non-hydrogen) atoms. The van der Waals surface area contributed by atoms with E-state index in [9.17, 15) is 48.4 Å². The van der Waals surface area contributed by atoms with Crippen LogP contribution in [0.2, 0.25) is 0 Å². The summed E-state index contributed by atoms with van der Waals surface area (Å²) < 4.78 is 137. The molecule has 2 heterocycles. The zero-order valence-electron chi connectivity index (χ0n) is 43.7. The van der Waals surface area contributed by atoms with Crippen LogP contribution in [0.4, 0.5) is 33.3 Å². The Balaban J connectivity index is 0.872. The summed E-state index contributed by atoms with van der Waals surface area (Å²) in [5, 5.41) is 11.7. The first-order chi connectivity index (χ1) is 36.5. The molecular weight excluding hydrogens is 1070 g/mol. The van der Waals surface area contributed by atoms with Crippen LogP contribution in [0.15, 0.2) is 98.6 Å². The van der Waals surface area contributed by atoms with Gasteiger partial charge in [-0.2, -0.15) is 13.2 Å². The molecule has 23 heteroatoms. The number of nitrogens with one attached hydrogen (secondary N) is 2. The Morgan fingerprint density at radius 2 is 1.42 bits per heavy atom. The van der Waals surface area contributed by atoms with Crippen LogP contribution >= 0.6 is 11.8 Å². The SMILES string of the molecule is CC1(C)CCC(CN2CCN(c3ccc(C(=O)NS(=O)(=O)c4ccc(NC(CCN5CCN(CCOCCOCCC(=O)O)CC5)CSc5ccccc5)c(S(=O)(=O)C(F)(F)F)c4)cc3)CC2)=C(C23CC(C(F)F)(C2)C3)C1. The number of anilines is 2. The number of halogens is 5. The summed E-state index contributed by atoms with van der Waals surface area (Å²) in [6.45, 7) is 13.5. The minimum atomic E-state index is -6.12. The third-order valence-electron chi connectivity index (χ3n) is 15.9. The lowest BCUT2D eigenvalue weighted by molar-refractivity contribution is -0.250. The Labute approximate surface area is 453 Å². The lowest BCUT2D eigenvalue weighted by atomic mass is 9.32. The molecule has 2 saturated heterocycles.